The van der Waals surface area contributed by atoms with Crippen molar-refractivity contribution in [2.24, 2.45) is 0 Å². The van der Waals surface area contributed by atoms with Crippen molar-refractivity contribution < 1.29 is 0 Å². The van der Waals surface area contributed by atoms with Crippen molar-refractivity contribution in [3.63, 3.8) is 0 Å². The van der Waals surface area contributed by atoms with Gasteiger partial charge in [-0.3, -0.25) is 0 Å². The number of benzene rings is 9. The van der Waals surface area contributed by atoms with Gasteiger partial charge in [-0.05, 0) is 104 Å². The first-order chi connectivity index (χ1) is 24.8. The summed E-state index contributed by atoms with van der Waals surface area (Å²) in [6.45, 7) is 0. The average molecular weight is 635 g/mol. The molecule has 0 fully saturated rings. The third-order valence-corrected chi connectivity index (χ3v) is 10.7. The Morgan fingerprint density at radius 1 is 0.220 bits per heavy atom. The molecule has 0 saturated heterocycles. The Balaban J connectivity index is 1.19. The zero-order chi connectivity index (χ0) is 32.8. The summed E-state index contributed by atoms with van der Waals surface area (Å²) in [5.74, 6) is 0. The van der Waals surface area contributed by atoms with Crippen LogP contribution in [-0.4, -0.2) is 9.13 Å². The Bertz CT molecular complexity index is 3130. The van der Waals surface area contributed by atoms with E-state index in [1.165, 1.54) is 98.4 Å². The SMILES string of the molecule is c1ccc(-n2c3ccccc3c3ccc(-c4ccc5c(c4)c4ccccc4c4cc6c(cc54)c4ccccc4n6-c4ccccc4)cc32)cc1. The summed E-state index contributed by atoms with van der Waals surface area (Å²) < 4.78 is 4.81. The van der Waals surface area contributed by atoms with Crippen LogP contribution in [0.5, 0.6) is 0 Å². The molecule has 0 amide bonds. The van der Waals surface area contributed by atoms with Crippen LogP contribution >= 0.6 is 0 Å². The highest BCUT2D eigenvalue weighted by Gasteiger charge is 2.18. The number of rotatable bonds is 3. The quantitative estimate of drug-likeness (QED) is 0.171. The molecule has 9 aromatic carbocycles. The molecule has 0 aliphatic heterocycles. The summed E-state index contributed by atoms with van der Waals surface area (Å²) in [6, 6.07) is 66.8. The largest absolute Gasteiger partial charge is 0.309 e. The van der Waals surface area contributed by atoms with E-state index in [1.54, 1.807) is 0 Å². The van der Waals surface area contributed by atoms with E-state index >= 15 is 0 Å². The molecule has 50 heavy (non-hydrogen) atoms. The summed E-state index contributed by atoms with van der Waals surface area (Å²) in [5.41, 5.74) is 9.68. The molecular weight excluding hydrogens is 605 g/mol. The normalized spacial score (nSPS) is 12.0. The molecule has 11 aromatic rings. The standard InChI is InChI=1S/C48H30N2/c1-3-13-33(14-4-1)49-45-21-11-9-19-38(45)40-26-24-32(28-47(40)49)31-23-25-37-41(27-31)35-17-7-8-18-36(35)43-30-48-44(29-42(37)43)39-20-10-12-22-46(39)50(48)34-15-5-2-6-16-34/h1-30H. The molecule has 0 radical (unpaired) electrons. The van der Waals surface area contributed by atoms with Crippen LogP contribution < -0.4 is 0 Å². The fourth-order valence-corrected chi connectivity index (χ4v) is 8.46. The first-order valence-corrected chi connectivity index (χ1v) is 17.3. The highest BCUT2D eigenvalue weighted by Crippen LogP contribution is 2.42. The van der Waals surface area contributed by atoms with E-state index in [1.807, 2.05) is 0 Å². The van der Waals surface area contributed by atoms with Crippen molar-refractivity contribution in [2.45, 2.75) is 0 Å². The minimum atomic E-state index is 1.17. The van der Waals surface area contributed by atoms with E-state index in [0.717, 1.165) is 0 Å². The second kappa shape index (κ2) is 10.4. The molecule has 2 heteroatoms. The summed E-state index contributed by atoms with van der Waals surface area (Å²) in [4.78, 5) is 0. The predicted molar refractivity (Wildman–Crippen MR) is 213 cm³/mol. The number of hydrogen-bond acceptors (Lipinski definition) is 0. The number of para-hydroxylation sites is 4. The predicted octanol–water partition coefficient (Wildman–Crippen LogP) is 13.0. The molecule has 0 bridgehead atoms. The maximum Gasteiger partial charge on any atom is 0.0547 e. The lowest BCUT2D eigenvalue weighted by Gasteiger charge is -2.14. The van der Waals surface area contributed by atoms with Crippen LogP contribution in [-0.2, 0) is 0 Å². The fourth-order valence-electron chi connectivity index (χ4n) is 8.46. The van der Waals surface area contributed by atoms with Gasteiger partial charge < -0.3 is 9.13 Å². The highest BCUT2D eigenvalue weighted by atomic mass is 15.0. The van der Waals surface area contributed by atoms with Crippen molar-refractivity contribution >= 4 is 75.9 Å². The fraction of sp³-hybridized carbons (Fsp3) is 0. The summed E-state index contributed by atoms with van der Waals surface area (Å²) in [6.07, 6.45) is 0. The lowest BCUT2D eigenvalue weighted by Crippen LogP contribution is -1.93. The molecule has 0 spiro atoms. The molecule has 0 aliphatic carbocycles. The van der Waals surface area contributed by atoms with Crippen molar-refractivity contribution in [1.82, 2.24) is 9.13 Å². The third kappa shape index (κ3) is 3.85. The van der Waals surface area contributed by atoms with Crippen LogP contribution in [0.3, 0.4) is 0 Å². The number of nitrogens with zero attached hydrogens (tertiary/aromatic N) is 2. The van der Waals surface area contributed by atoms with Gasteiger partial charge in [-0.25, -0.2) is 0 Å². The van der Waals surface area contributed by atoms with Crippen LogP contribution in [0.25, 0.3) is 98.4 Å². The lowest BCUT2D eigenvalue weighted by atomic mass is 9.91. The first-order valence-electron chi connectivity index (χ1n) is 17.3. The Morgan fingerprint density at radius 3 is 1.24 bits per heavy atom. The van der Waals surface area contributed by atoms with E-state index in [-0.39, 0.29) is 0 Å². The van der Waals surface area contributed by atoms with Crippen LogP contribution in [0.15, 0.2) is 182 Å². The van der Waals surface area contributed by atoms with E-state index in [9.17, 15) is 0 Å². The summed E-state index contributed by atoms with van der Waals surface area (Å²) >= 11 is 0. The molecular formula is C48H30N2. The maximum atomic E-state index is 2.44. The molecule has 0 aliphatic rings. The van der Waals surface area contributed by atoms with Gasteiger partial charge in [-0.2, -0.15) is 0 Å². The highest BCUT2D eigenvalue weighted by molar-refractivity contribution is 6.29. The van der Waals surface area contributed by atoms with Crippen molar-refractivity contribution in [2.75, 3.05) is 0 Å². The van der Waals surface area contributed by atoms with Gasteiger partial charge in [-0.1, -0.05) is 121 Å². The molecule has 232 valence electrons. The van der Waals surface area contributed by atoms with E-state index in [2.05, 4.69) is 191 Å². The second-order valence-corrected chi connectivity index (χ2v) is 13.3. The van der Waals surface area contributed by atoms with Crippen molar-refractivity contribution in [1.29, 1.82) is 0 Å². The van der Waals surface area contributed by atoms with Crippen LogP contribution in [0.2, 0.25) is 0 Å². The van der Waals surface area contributed by atoms with Gasteiger partial charge in [0, 0.05) is 32.9 Å². The number of aromatic nitrogens is 2. The zero-order valence-electron chi connectivity index (χ0n) is 27.2. The van der Waals surface area contributed by atoms with Gasteiger partial charge in [0.25, 0.3) is 0 Å². The van der Waals surface area contributed by atoms with Crippen LogP contribution in [0.4, 0.5) is 0 Å². The van der Waals surface area contributed by atoms with Gasteiger partial charge in [0.2, 0.25) is 0 Å². The topological polar surface area (TPSA) is 9.86 Å². The van der Waals surface area contributed by atoms with E-state index in [4.69, 9.17) is 0 Å². The van der Waals surface area contributed by atoms with Crippen molar-refractivity contribution in [3.05, 3.63) is 182 Å². The third-order valence-electron chi connectivity index (χ3n) is 10.7. The Morgan fingerprint density at radius 2 is 0.620 bits per heavy atom. The van der Waals surface area contributed by atoms with Gasteiger partial charge >= 0.3 is 0 Å². The Labute approximate surface area is 288 Å². The van der Waals surface area contributed by atoms with Gasteiger partial charge in [-0.15, -0.1) is 0 Å². The Kier molecular flexibility index (Phi) is 5.70. The molecule has 0 N–H and O–H groups in total. The smallest absolute Gasteiger partial charge is 0.0547 e. The molecule has 2 aromatic heterocycles. The molecule has 2 nitrogen and oxygen atoms in total. The van der Waals surface area contributed by atoms with Gasteiger partial charge in [0.15, 0.2) is 0 Å². The maximum absolute atomic E-state index is 2.44. The molecule has 11 rings (SSSR count). The molecule has 0 unspecified atom stereocenters. The molecule has 2 heterocycles. The van der Waals surface area contributed by atoms with E-state index < -0.39 is 0 Å². The van der Waals surface area contributed by atoms with Gasteiger partial charge in [0.05, 0.1) is 22.1 Å². The zero-order valence-corrected chi connectivity index (χ0v) is 27.2. The average Bonchev–Trinajstić information content (AvgIpc) is 3.70. The number of fused-ring (bicyclic) bond motifs is 12. The van der Waals surface area contributed by atoms with Gasteiger partial charge in [0.1, 0.15) is 0 Å². The summed E-state index contributed by atoms with van der Waals surface area (Å²) in [7, 11) is 0. The minimum Gasteiger partial charge on any atom is -0.309 e. The van der Waals surface area contributed by atoms with Crippen molar-refractivity contribution in [3.8, 4) is 22.5 Å². The molecule has 0 saturated carbocycles. The van der Waals surface area contributed by atoms with Crippen LogP contribution in [0.1, 0.15) is 0 Å². The van der Waals surface area contributed by atoms with Crippen LogP contribution in [0, 0.1) is 0 Å². The lowest BCUT2D eigenvalue weighted by molar-refractivity contribution is 1.18. The van der Waals surface area contributed by atoms with E-state index in [0.29, 0.717) is 0 Å². The monoisotopic (exact) mass is 634 g/mol. The summed E-state index contributed by atoms with van der Waals surface area (Å²) in [5, 5.41) is 12.8. The number of hydrogen-bond donors (Lipinski definition) is 0. The Hall–Kier alpha value is -6.64. The molecule has 0 atom stereocenters. The second-order valence-electron chi connectivity index (χ2n) is 13.3. The minimum absolute atomic E-state index is 1.17. The first kappa shape index (κ1) is 27.3.